The molecule has 10 heteroatoms. The van der Waals surface area contributed by atoms with Gasteiger partial charge in [-0.15, -0.1) is 0 Å². The summed E-state index contributed by atoms with van der Waals surface area (Å²) in [6.07, 6.45) is 1.66. The molecule has 1 unspecified atom stereocenters. The molecule has 3 aliphatic carbocycles. The second-order valence-electron chi connectivity index (χ2n) is 8.26. The summed E-state index contributed by atoms with van der Waals surface area (Å²) in [5.41, 5.74) is 1.89. The number of Topliss-reactive ketones (excluding diaryl/α,β-unsaturated/α-hetero) is 1. The number of nitrogens with one attached hydrogen (secondary N) is 2. The second kappa shape index (κ2) is 7.04. The van der Waals surface area contributed by atoms with Crippen LogP contribution in [0, 0.1) is 5.92 Å². The van der Waals surface area contributed by atoms with Crippen LogP contribution < -0.4 is 16.4 Å². The van der Waals surface area contributed by atoms with Crippen LogP contribution in [0.25, 0.3) is 0 Å². The molecule has 3 aliphatic rings. The molecule has 28 heavy (non-hydrogen) atoms. The van der Waals surface area contributed by atoms with Gasteiger partial charge in [-0.25, -0.2) is 13.2 Å². The monoisotopic (exact) mass is 403 g/mol. The maximum Gasteiger partial charge on any atom is 0.287 e. The molecule has 0 saturated heterocycles. The van der Waals surface area contributed by atoms with Gasteiger partial charge in [-0.1, -0.05) is 12.8 Å². The minimum Gasteiger partial charge on any atom is -0.363 e. The Morgan fingerprint density at radius 1 is 1.00 bits per heavy atom. The fourth-order valence-corrected chi connectivity index (χ4v) is 4.06. The molecule has 0 spiro atoms. The molecule has 0 radical (unpaired) electrons. The van der Waals surface area contributed by atoms with E-state index in [4.69, 9.17) is 5.73 Å². The van der Waals surface area contributed by atoms with Crippen LogP contribution in [0.3, 0.4) is 0 Å². The van der Waals surface area contributed by atoms with E-state index in [1.807, 2.05) is 0 Å². The Labute approximate surface area is 160 Å². The Balaban J connectivity index is 1.73. The average molecular weight is 403 g/mol. The first-order valence-corrected chi connectivity index (χ1v) is 9.51. The predicted octanol–water partition coefficient (Wildman–Crippen LogP) is 0.892. The smallest absolute Gasteiger partial charge is 0.287 e. The molecule has 3 amide bonds. The van der Waals surface area contributed by atoms with Crippen LogP contribution in [0.1, 0.15) is 57.8 Å². The summed E-state index contributed by atoms with van der Waals surface area (Å²) in [5, 5.41) is 4.66. The van der Waals surface area contributed by atoms with E-state index in [0.717, 1.165) is 0 Å². The van der Waals surface area contributed by atoms with Crippen LogP contribution in [0.4, 0.5) is 13.2 Å². The number of rotatable bonds is 8. The number of amides is 3. The molecule has 7 nitrogen and oxygen atoms in total. The zero-order chi connectivity index (χ0) is 20.7. The number of hydrogen-bond acceptors (Lipinski definition) is 4. The first-order chi connectivity index (χ1) is 13.0. The number of primary amides is 1. The van der Waals surface area contributed by atoms with E-state index >= 15 is 0 Å². The Hall–Kier alpha value is -2.13. The molecule has 4 N–H and O–H groups in total. The molecular weight excluding hydrogens is 379 g/mol. The highest BCUT2D eigenvalue weighted by Gasteiger charge is 2.61. The SMILES string of the molecule is NC(=O)C(=O)C1(NC(=O)[C@H](CC2(F)CCCC2)NC(=O)C2CC2(F)F)CCC1. The predicted molar refractivity (Wildman–Crippen MR) is 90.8 cm³/mol. The third-order valence-electron chi connectivity index (χ3n) is 6.07. The molecule has 3 fully saturated rings. The largest absolute Gasteiger partial charge is 0.363 e. The van der Waals surface area contributed by atoms with Crippen molar-refractivity contribution in [2.45, 2.75) is 81.0 Å². The van der Waals surface area contributed by atoms with Crippen molar-refractivity contribution in [2.24, 2.45) is 11.7 Å². The number of nitrogens with two attached hydrogens (primary N) is 1. The number of carbonyl (C=O) groups excluding carboxylic acids is 4. The average Bonchev–Trinajstić information content (AvgIpc) is 3.00. The van der Waals surface area contributed by atoms with E-state index in [1.54, 1.807) is 0 Å². The molecule has 0 aromatic rings. The lowest BCUT2D eigenvalue weighted by molar-refractivity contribution is -0.145. The topological polar surface area (TPSA) is 118 Å². The lowest BCUT2D eigenvalue weighted by Crippen LogP contribution is -2.65. The molecule has 156 valence electrons. The van der Waals surface area contributed by atoms with E-state index in [0.29, 0.717) is 19.3 Å². The molecule has 0 bridgehead atoms. The highest BCUT2D eigenvalue weighted by Crippen LogP contribution is 2.48. The molecule has 0 aliphatic heterocycles. The van der Waals surface area contributed by atoms with E-state index in [2.05, 4.69) is 10.6 Å². The van der Waals surface area contributed by atoms with Crippen molar-refractivity contribution in [1.29, 1.82) is 0 Å². The fraction of sp³-hybridized carbons (Fsp3) is 0.778. The summed E-state index contributed by atoms with van der Waals surface area (Å²) in [6, 6.07) is -1.41. The van der Waals surface area contributed by atoms with E-state index < -0.39 is 59.0 Å². The van der Waals surface area contributed by atoms with Gasteiger partial charge in [0.2, 0.25) is 17.6 Å². The molecule has 0 aromatic carbocycles. The Morgan fingerprint density at radius 2 is 1.57 bits per heavy atom. The van der Waals surface area contributed by atoms with Crippen molar-refractivity contribution in [3.63, 3.8) is 0 Å². The van der Waals surface area contributed by atoms with Crippen LogP contribution in [0.15, 0.2) is 0 Å². The minimum atomic E-state index is -3.12. The maximum absolute atomic E-state index is 14.9. The van der Waals surface area contributed by atoms with Crippen molar-refractivity contribution in [1.82, 2.24) is 10.6 Å². The molecule has 3 saturated carbocycles. The summed E-state index contributed by atoms with van der Waals surface area (Å²) in [7, 11) is 0. The highest BCUT2D eigenvalue weighted by atomic mass is 19.3. The number of ketones is 1. The lowest BCUT2D eigenvalue weighted by atomic mass is 9.73. The van der Waals surface area contributed by atoms with Crippen LogP contribution in [-0.2, 0) is 19.2 Å². The summed E-state index contributed by atoms with van der Waals surface area (Å²) >= 11 is 0. The van der Waals surface area contributed by atoms with Gasteiger partial charge in [0.25, 0.3) is 11.8 Å². The molecule has 0 heterocycles. The van der Waals surface area contributed by atoms with Crippen molar-refractivity contribution < 1.29 is 32.3 Å². The zero-order valence-corrected chi connectivity index (χ0v) is 15.4. The minimum absolute atomic E-state index is 0.197. The van der Waals surface area contributed by atoms with E-state index in [-0.39, 0.29) is 32.1 Å². The number of halogens is 3. The van der Waals surface area contributed by atoms with Crippen LogP contribution in [-0.4, -0.2) is 46.7 Å². The Morgan fingerprint density at radius 3 is 2.00 bits per heavy atom. The van der Waals surface area contributed by atoms with Gasteiger partial charge in [0.15, 0.2) is 0 Å². The molecule has 3 rings (SSSR count). The van der Waals surface area contributed by atoms with Crippen molar-refractivity contribution in [3.8, 4) is 0 Å². The Bertz CT molecular complexity index is 702. The molecule has 0 aromatic heterocycles. The zero-order valence-electron chi connectivity index (χ0n) is 15.4. The second-order valence-corrected chi connectivity index (χ2v) is 8.26. The van der Waals surface area contributed by atoms with Crippen LogP contribution in [0.5, 0.6) is 0 Å². The highest BCUT2D eigenvalue weighted by molar-refractivity contribution is 6.39. The maximum atomic E-state index is 14.9. The van der Waals surface area contributed by atoms with Gasteiger partial charge in [-0.05, 0) is 32.1 Å². The standard InChI is InChI=1S/C18H24F3N3O4/c19-16(4-1-2-5-16)9-11(23-14(27)10-8-18(10,20)21)15(28)24-17(6-3-7-17)12(25)13(22)26/h10-11H,1-9H2,(H2,22,26)(H,23,27)(H,24,28)/t10?,11-/m0/s1. The van der Waals surface area contributed by atoms with Crippen LogP contribution >= 0.6 is 0 Å². The summed E-state index contributed by atoms with van der Waals surface area (Å²) < 4.78 is 41.3. The van der Waals surface area contributed by atoms with Crippen molar-refractivity contribution in [2.75, 3.05) is 0 Å². The summed E-state index contributed by atoms with van der Waals surface area (Å²) in [5.74, 6) is -8.70. The number of carbonyl (C=O) groups is 4. The summed E-state index contributed by atoms with van der Waals surface area (Å²) in [6.45, 7) is 0. The molecule has 2 atom stereocenters. The van der Waals surface area contributed by atoms with Gasteiger partial charge >= 0.3 is 0 Å². The first-order valence-electron chi connectivity index (χ1n) is 9.51. The quantitative estimate of drug-likeness (QED) is 0.522. The third kappa shape index (κ3) is 4.00. The Kier molecular flexibility index (Phi) is 5.18. The molecular formula is C18H24F3N3O4. The van der Waals surface area contributed by atoms with Gasteiger partial charge < -0.3 is 16.4 Å². The van der Waals surface area contributed by atoms with E-state index in [1.165, 1.54) is 0 Å². The number of alkyl halides is 3. The van der Waals surface area contributed by atoms with Gasteiger partial charge in [-0.3, -0.25) is 19.2 Å². The van der Waals surface area contributed by atoms with Gasteiger partial charge in [-0.2, -0.15) is 0 Å². The normalized spacial score (nSPS) is 27.2. The van der Waals surface area contributed by atoms with Gasteiger partial charge in [0.1, 0.15) is 23.2 Å². The van der Waals surface area contributed by atoms with Crippen molar-refractivity contribution in [3.05, 3.63) is 0 Å². The summed E-state index contributed by atoms with van der Waals surface area (Å²) in [4.78, 5) is 48.2. The van der Waals surface area contributed by atoms with Crippen LogP contribution in [0.2, 0.25) is 0 Å². The third-order valence-corrected chi connectivity index (χ3v) is 6.07. The fourth-order valence-electron chi connectivity index (χ4n) is 4.06. The number of hydrogen-bond donors (Lipinski definition) is 3. The van der Waals surface area contributed by atoms with Gasteiger partial charge in [0.05, 0.1) is 0 Å². The van der Waals surface area contributed by atoms with E-state index in [9.17, 15) is 32.3 Å². The first kappa shape index (κ1) is 20.6. The lowest BCUT2D eigenvalue weighted by Gasteiger charge is -2.41. The van der Waals surface area contributed by atoms with Gasteiger partial charge in [0, 0.05) is 12.8 Å². The van der Waals surface area contributed by atoms with Crippen molar-refractivity contribution >= 4 is 23.5 Å².